The van der Waals surface area contributed by atoms with Crippen LogP contribution >= 0.6 is 0 Å². The normalized spacial score (nSPS) is 10.4. The Morgan fingerprint density at radius 1 is 1.52 bits per heavy atom. The summed E-state index contributed by atoms with van der Waals surface area (Å²) in [6.45, 7) is 3.54. The van der Waals surface area contributed by atoms with E-state index in [0.717, 1.165) is 0 Å². The van der Waals surface area contributed by atoms with E-state index in [1.807, 2.05) is 0 Å². The molecule has 21 heavy (non-hydrogen) atoms. The number of carbonyl (C=O) groups is 1. The second kappa shape index (κ2) is 5.61. The SMILES string of the molecule is CCOC(=O)c1nc(C)n(-c2cccc([N+](=O)[O-])c2)c1N. The van der Waals surface area contributed by atoms with Gasteiger partial charge in [-0.1, -0.05) is 6.07 Å². The number of ether oxygens (including phenoxy) is 1. The van der Waals surface area contributed by atoms with Crippen molar-refractivity contribution in [2.45, 2.75) is 13.8 Å². The molecule has 1 heterocycles. The smallest absolute Gasteiger partial charge is 0.360 e. The van der Waals surface area contributed by atoms with Crippen molar-refractivity contribution in [1.29, 1.82) is 0 Å². The quantitative estimate of drug-likeness (QED) is 0.522. The molecule has 8 nitrogen and oxygen atoms in total. The lowest BCUT2D eigenvalue weighted by Gasteiger charge is -2.07. The molecule has 2 aromatic rings. The van der Waals surface area contributed by atoms with Crippen molar-refractivity contribution >= 4 is 17.5 Å². The van der Waals surface area contributed by atoms with Gasteiger partial charge in [0.15, 0.2) is 5.69 Å². The molecule has 0 aliphatic heterocycles. The van der Waals surface area contributed by atoms with E-state index >= 15 is 0 Å². The average molecular weight is 290 g/mol. The largest absolute Gasteiger partial charge is 0.461 e. The van der Waals surface area contributed by atoms with Gasteiger partial charge in [-0.2, -0.15) is 0 Å². The Labute approximate surface area is 120 Å². The topological polar surface area (TPSA) is 113 Å². The van der Waals surface area contributed by atoms with Crippen LogP contribution in [0.25, 0.3) is 5.69 Å². The standard InChI is InChI=1S/C13H14N4O4/c1-3-21-13(18)11-12(14)16(8(2)15-11)9-5-4-6-10(7-9)17(19)20/h4-7H,3,14H2,1-2H3. The van der Waals surface area contributed by atoms with Crippen LogP contribution in [0.2, 0.25) is 0 Å². The number of non-ortho nitro benzene ring substituents is 1. The summed E-state index contributed by atoms with van der Waals surface area (Å²) in [5, 5.41) is 10.8. The number of hydrogen-bond acceptors (Lipinski definition) is 6. The van der Waals surface area contributed by atoms with Crippen LogP contribution in [0.4, 0.5) is 11.5 Å². The highest BCUT2D eigenvalue weighted by atomic mass is 16.6. The number of anilines is 1. The zero-order valence-corrected chi connectivity index (χ0v) is 11.6. The summed E-state index contributed by atoms with van der Waals surface area (Å²) in [5.41, 5.74) is 6.31. The van der Waals surface area contributed by atoms with Crippen LogP contribution in [0.5, 0.6) is 0 Å². The van der Waals surface area contributed by atoms with Crippen molar-refractivity contribution in [3.63, 3.8) is 0 Å². The molecule has 0 unspecified atom stereocenters. The van der Waals surface area contributed by atoms with Crippen molar-refractivity contribution < 1.29 is 14.5 Å². The van der Waals surface area contributed by atoms with E-state index < -0.39 is 10.9 Å². The predicted molar refractivity (Wildman–Crippen MR) is 75.3 cm³/mol. The number of carbonyl (C=O) groups excluding carboxylic acids is 1. The van der Waals surface area contributed by atoms with Crippen molar-refractivity contribution in [3.05, 3.63) is 45.9 Å². The number of nitrogen functional groups attached to an aromatic ring is 1. The number of esters is 1. The molecule has 0 aliphatic rings. The number of nitrogens with zero attached hydrogens (tertiary/aromatic N) is 3. The van der Waals surface area contributed by atoms with Gasteiger partial charge in [0.2, 0.25) is 0 Å². The minimum Gasteiger partial charge on any atom is -0.461 e. The summed E-state index contributed by atoms with van der Waals surface area (Å²) in [5.74, 6) is -0.0928. The Morgan fingerprint density at radius 3 is 2.86 bits per heavy atom. The number of hydrogen-bond donors (Lipinski definition) is 1. The number of nitrogens with two attached hydrogens (primary N) is 1. The maximum Gasteiger partial charge on any atom is 0.360 e. The van der Waals surface area contributed by atoms with Gasteiger partial charge in [-0.3, -0.25) is 14.7 Å². The van der Waals surface area contributed by atoms with Gasteiger partial charge in [0.25, 0.3) is 5.69 Å². The first kappa shape index (κ1) is 14.5. The van der Waals surface area contributed by atoms with Crippen molar-refractivity contribution in [1.82, 2.24) is 9.55 Å². The molecule has 0 saturated carbocycles. The summed E-state index contributed by atoms with van der Waals surface area (Å²) in [6, 6.07) is 5.92. The number of aryl methyl sites for hydroxylation is 1. The minimum atomic E-state index is -0.623. The van der Waals surface area contributed by atoms with Crippen LogP contribution in [0.1, 0.15) is 23.2 Å². The lowest BCUT2D eigenvalue weighted by molar-refractivity contribution is -0.384. The summed E-state index contributed by atoms with van der Waals surface area (Å²) in [4.78, 5) is 26.2. The molecule has 110 valence electrons. The van der Waals surface area contributed by atoms with E-state index in [4.69, 9.17) is 10.5 Å². The van der Waals surface area contributed by atoms with Crippen LogP contribution in [0, 0.1) is 17.0 Å². The van der Waals surface area contributed by atoms with Gasteiger partial charge in [0, 0.05) is 12.1 Å². The fourth-order valence-electron chi connectivity index (χ4n) is 1.97. The van der Waals surface area contributed by atoms with E-state index in [2.05, 4.69) is 4.98 Å². The number of aromatic nitrogens is 2. The van der Waals surface area contributed by atoms with Crippen molar-refractivity contribution in [3.8, 4) is 5.69 Å². The lowest BCUT2D eigenvalue weighted by Crippen LogP contribution is -2.09. The maximum absolute atomic E-state index is 11.8. The highest BCUT2D eigenvalue weighted by Gasteiger charge is 2.21. The molecule has 0 spiro atoms. The molecule has 0 aliphatic carbocycles. The first-order chi connectivity index (χ1) is 9.95. The summed E-state index contributed by atoms with van der Waals surface area (Å²) < 4.78 is 6.34. The lowest BCUT2D eigenvalue weighted by atomic mass is 10.2. The summed E-state index contributed by atoms with van der Waals surface area (Å²) in [6.07, 6.45) is 0. The fraction of sp³-hybridized carbons (Fsp3) is 0.231. The zero-order chi connectivity index (χ0) is 15.6. The van der Waals surface area contributed by atoms with Crippen molar-refractivity contribution in [2.75, 3.05) is 12.3 Å². The second-order valence-corrected chi connectivity index (χ2v) is 4.23. The predicted octanol–water partition coefficient (Wildman–Crippen LogP) is 1.85. The van der Waals surface area contributed by atoms with Crippen LogP contribution in [-0.2, 0) is 4.74 Å². The molecule has 0 atom stereocenters. The molecule has 0 fully saturated rings. The summed E-state index contributed by atoms with van der Waals surface area (Å²) in [7, 11) is 0. The highest BCUT2D eigenvalue weighted by Crippen LogP contribution is 2.24. The molecule has 1 aromatic carbocycles. The Morgan fingerprint density at radius 2 is 2.24 bits per heavy atom. The molecule has 0 saturated heterocycles. The maximum atomic E-state index is 11.8. The summed E-state index contributed by atoms with van der Waals surface area (Å²) >= 11 is 0. The van der Waals surface area contributed by atoms with Gasteiger partial charge >= 0.3 is 5.97 Å². The van der Waals surface area contributed by atoms with Crippen LogP contribution < -0.4 is 5.73 Å². The Hall–Kier alpha value is -2.90. The van der Waals surface area contributed by atoms with Gasteiger partial charge < -0.3 is 10.5 Å². The Bertz CT molecular complexity index is 708. The second-order valence-electron chi connectivity index (χ2n) is 4.23. The Balaban J connectivity index is 2.52. The molecular weight excluding hydrogens is 276 g/mol. The van der Waals surface area contributed by atoms with Crippen molar-refractivity contribution in [2.24, 2.45) is 0 Å². The number of benzene rings is 1. The van der Waals surface area contributed by atoms with Crippen LogP contribution in [-0.4, -0.2) is 27.1 Å². The number of nitro benzene ring substituents is 1. The van der Waals surface area contributed by atoms with Crippen LogP contribution in [0.15, 0.2) is 24.3 Å². The molecule has 1 aromatic heterocycles. The third-order valence-electron chi connectivity index (χ3n) is 2.85. The molecule has 0 amide bonds. The number of nitro groups is 1. The number of imidazole rings is 1. The highest BCUT2D eigenvalue weighted by molar-refractivity contribution is 5.92. The van der Waals surface area contributed by atoms with E-state index in [1.54, 1.807) is 19.9 Å². The minimum absolute atomic E-state index is 0.000793. The van der Waals surface area contributed by atoms with E-state index in [1.165, 1.54) is 22.8 Å². The molecule has 8 heteroatoms. The molecular formula is C13H14N4O4. The third-order valence-corrected chi connectivity index (χ3v) is 2.85. The average Bonchev–Trinajstić information content (AvgIpc) is 2.74. The fourth-order valence-corrected chi connectivity index (χ4v) is 1.97. The monoisotopic (exact) mass is 290 g/mol. The van der Waals surface area contributed by atoms with Crippen LogP contribution in [0.3, 0.4) is 0 Å². The van der Waals surface area contributed by atoms with Gasteiger partial charge in [0.1, 0.15) is 11.6 Å². The first-order valence-electron chi connectivity index (χ1n) is 6.22. The van der Waals surface area contributed by atoms with Gasteiger partial charge in [0.05, 0.1) is 17.2 Å². The van der Waals surface area contributed by atoms with Gasteiger partial charge in [-0.15, -0.1) is 0 Å². The van der Waals surface area contributed by atoms with Gasteiger partial charge in [-0.05, 0) is 19.9 Å². The number of rotatable bonds is 4. The molecule has 2 rings (SSSR count). The molecule has 0 radical (unpaired) electrons. The van der Waals surface area contributed by atoms with E-state index in [9.17, 15) is 14.9 Å². The first-order valence-corrected chi connectivity index (χ1v) is 6.22. The molecule has 2 N–H and O–H groups in total. The zero-order valence-electron chi connectivity index (χ0n) is 11.6. The Kier molecular flexibility index (Phi) is 3.88. The van der Waals surface area contributed by atoms with E-state index in [-0.39, 0.29) is 23.8 Å². The van der Waals surface area contributed by atoms with E-state index in [0.29, 0.717) is 11.5 Å². The van der Waals surface area contributed by atoms with Gasteiger partial charge in [-0.25, -0.2) is 9.78 Å². The third kappa shape index (κ3) is 2.69. The molecule has 0 bridgehead atoms.